The van der Waals surface area contributed by atoms with Gasteiger partial charge in [-0.3, -0.25) is 9.52 Å². The van der Waals surface area contributed by atoms with E-state index in [2.05, 4.69) is 4.72 Å². The summed E-state index contributed by atoms with van der Waals surface area (Å²) < 4.78 is 33.2. The van der Waals surface area contributed by atoms with Crippen LogP contribution >= 0.6 is 11.6 Å². The summed E-state index contributed by atoms with van der Waals surface area (Å²) in [5.41, 5.74) is 1.80. The Morgan fingerprint density at radius 3 is 2.38 bits per heavy atom. The quantitative estimate of drug-likeness (QED) is 0.813. The number of carbonyl (C=O) groups excluding carboxylic acids is 1. The first kappa shape index (κ1) is 20.1. The van der Waals surface area contributed by atoms with Gasteiger partial charge < -0.3 is 9.64 Å². The lowest BCUT2D eigenvalue weighted by Crippen LogP contribution is -2.27. The Morgan fingerprint density at radius 2 is 1.81 bits per heavy atom. The molecule has 0 aromatic heterocycles. The van der Waals surface area contributed by atoms with Gasteiger partial charge in [0.1, 0.15) is 5.75 Å². The molecule has 0 aliphatic carbocycles. The van der Waals surface area contributed by atoms with E-state index in [-0.39, 0.29) is 17.4 Å². The smallest absolute Gasteiger partial charge is 0.261 e. The van der Waals surface area contributed by atoms with Crippen molar-refractivity contribution in [2.45, 2.75) is 18.7 Å². The number of halogens is 1. The van der Waals surface area contributed by atoms with E-state index >= 15 is 0 Å². The van der Waals surface area contributed by atoms with E-state index in [1.807, 2.05) is 0 Å². The van der Waals surface area contributed by atoms with E-state index in [1.165, 1.54) is 17.0 Å². The molecule has 0 radical (unpaired) electrons. The first-order valence-electron chi connectivity index (χ1n) is 7.83. The highest BCUT2D eigenvalue weighted by molar-refractivity contribution is 7.92. The van der Waals surface area contributed by atoms with Gasteiger partial charge in [-0.05, 0) is 61.4 Å². The van der Waals surface area contributed by atoms with E-state index < -0.39 is 10.0 Å². The van der Waals surface area contributed by atoms with E-state index in [4.69, 9.17) is 16.3 Å². The molecule has 0 spiro atoms. The molecule has 0 aliphatic heterocycles. The average molecular weight is 397 g/mol. The highest BCUT2D eigenvalue weighted by Crippen LogP contribution is 2.26. The summed E-state index contributed by atoms with van der Waals surface area (Å²) in [5, 5.41) is 0.537. The van der Waals surface area contributed by atoms with Crippen LogP contribution in [0.15, 0.2) is 41.3 Å². The predicted octanol–water partition coefficient (Wildman–Crippen LogP) is 3.22. The van der Waals surface area contributed by atoms with Gasteiger partial charge in [0.05, 0.1) is 10.6 Å². The number of likely N-dealkylation sites (N-methyl/N-ethyl adjacent to an activating group) is 1. The zero-order chi connectivity index (χ0) is 19.5. The SMILES string of the molecule is Cc1cc(Cl)ccc1NS(=O)(=O)c1ccc(OCC(=O)N(C)C)c(C)c1. The van der Waals surface area contributed by atoms with Crippen LogP contribution in [0.25, 0.3) is 0 Å². The summed E-state index contributed by atoms with van der Waals surface area (Å²) in [6, 6.07) is 9.41. The summed E-state index contributed by atoms with van der Waals surface area (Å²) in [6.07, 6.45) is 0. The van der Waals surface area contributed by atoms with Crippen LogP contribution in [0.3, 0.4) is 0 Å². The number of benzene rings is 2. The lowest BCUT2D eigenvalue weighted by atomic mass is 10.2. The summed E-state index contributed by atoms with van der Waals surface area (Å²) in [4.78, 5) is 13.1. The molecule has 2 rings (SSSR count). The molecule has 6 nitrogen and oxygen atoms in total. The highest BCUT2D eigenvalue weighted by Gasteiger charge is 2.17. The minimum absolute atomic E-state index is 0.107. The Balaban J connectivity index is 2.19. The third kappa shape index (κ3) is 4.89. The molecular weight excluding hydrogens is 376 g/mol. The van der Waals surface area contributed by atoms with Gasteiger partial charge in [0, 0.05) is 19.1 Å². The molecule has 2 aromatic rings. The number of aryl methyl sites for hydroxylation is 2. The zero-order valence-electron chi connectivity index (χ0n) is 15.0. The minimum Gasteiger partial charge on any atom is -0.483 e. The van der Waals surface area contributed by atoms with E-state index in [9.17, 15) is 13.2 Å². The van der Waals surface area contributed by atoms with Crippen molar-refractivity contribution in [3.63, 3.8) is 0 Å². The maximum atomic E-state index is 12.6. The molecule has 2 aromatic carbocycles. The predicted molar refractivity (Wildman–Crippen MR) is 102 cm³/mol. The number of hydrogen-bond acceptors (Lipinski definition) is 4. The van der Waals surface area contributed by atoms with E-state index in [0.717, 1.165) is 5.56 Å². The van der Waals surface area contributed by atoms with Crippen molar-refractivity contribution in [1.29, 1.82) is 0 Å². The summed E-state index contributed by atoms with van der Waals surface area (Å²) in [7, 11) is -0.481. The molecular formula is C18H21ClN2O4S. The molecule has 0 saturated heterocycles. The Bertz CT molecular complexity index is 927. The monoisotopic (exact) mass is 396 g/mol. The van der Waals surface area contributed by atoms with Crippen LogP contribution in [0.2, 0.25) is 5.02 Å². The first-order valence-corrected chi connectivity index (χ1v) is 9.69. The van der Waals surface area contributed by atoms with Crippen molar-refractivity contribution >= 4 is 33.2 Å². The van der Waals surface area contributed by atoms with Crippen LogP contribution in [0.4, 0.5) is 5.69 Å². The van der Waals surface area contributed by atoms with Crippen molar-refractivity contribution in [3.05, 3.63) is 52.5 Å². The van der Waals surface area contributed by atoms with Gasteiger partial charge >= 0.3 is 0 Å². The van der Waals surface area contributed by atoms with E-state index in [1.54, 1.807) is 52.2 Å². The largest absolute Gasteiger partial charge is 0.483 e. The third-order valence-corrected chi connectivity index (χ3v) is 5.34. The van der Waals surface area contributed by atoms with Gasteiger partial charge in [-0.2, -0.15) is 0 Å². The second-order valence-corrected chi connectivity index (χ2v) is 8.19. The van der Waals surface area contributed by atoms with Crippen molar-refractivity contribution in [2.75, 3.05) is 25.4 Å². The maximum absolute atomic E-state index is 12.6. The van der Waals surface area contributed by atoms with Crippen molar-refractivity contribution in [2.24, 2.45) is 0 Å². The number of ether oxygens (including phenoxy) is 1. The number of nitrogens with zero attached hydrogens (tertiary/aromatic N) is 1. The molecule has 0 saturated carbocycles. The summed E-state index contributed by atoms with van der Waals surface area (Å²) in [5.74, 6) is 0.280. The number of carbonyl (C=O) groups is 1. The van der Waals surface area contributed by atoms with Gasteiger partial charge in [-0.15, -0.1) is 0 Å². The first-order chi connectivity index (χ1) is 12.1. The Hall–Kier alpha value is -2.25. The Morgan fingerprint density at radius 1 is 1.12 bits per heavy atom. The lowest BCUT2D eigenvalue weighted by Gasteiger charge is -2.14. The number of amides is 1. The molecule has 0 bridgehead atoms. The maximum Gasteiger partial charge on any atom is 0.261 e. The van der Waals surface area contributed by atoms with Gasteiger partial charge in [0.2, 0.25) is 0 Å². The fourth-order valence-electron chi connectivity index (χ4n) is 2.16. The van der Waals surface area contributed by atoms with E-state index in [0.29, 0.717) is 22.0 Å². The molecule has 0 heterocycles. The molecule has 26 heavy (non-hydrogen) atoms. The standard InChI is InChI=1S/C18H21ClN2O4S/c1-12-9-14(19)5-7-16(12)20-26(23,24)15-6-8-17(13(2)10-15)25-11-18(22)21(3)4/h5-10,20H,11H2,1-4H3. The molecule has 1 N–H and O–H groups in total. The number of nitrogens with one attached hydrogen (secondary N) is 1. The van der Waals surface area contributed by atoms with Gasteiger partial charge in [-0.25, -0.2) is 8.42 Å². The molecule has 8 heteroatoms. The molecule has 0 aliphatic rings. The molecule has 140 valence electrons. The summed E-state index contributed by atoms with van der Waals surface area (Å²) in [6.45, 7) is 3.39. The van der Waals surface area contributed by atoms with Crippen LogP contribution in [0, 0.1) is 13.8 Å². The minimum atomic E-state index is -3.76. The van der Waals surface area contributed by atoms with Crippen molar-refractivity contribution < 1.29 is 17.9 Å². The van der Waals surface area contributed by atoms with Gasteiger partial charge in [-0.1, -0.05) is 11.6 Å². The van der Waals surface area contributed by atoms with Crippen LogP contribution in [0.5, 0.6) is 5.75 Å². The van der Waals surface area contributed by atoms with Crippen molar-refractivity contribution in [3.8, 4) is 5.75 Å². The molecule has 0 atom stereocenters. The molecule has 0 fully saturated rings. The fraction of sp³-hybridized carbons (Fsp3) is 0.278. The number of hydrogen-bond donors (Lipinski definition) is 1. The van der Waals surface area contributed by atoms with Crippen LogP contribution < -0.4 is 9.46 Å². The van der Waals surface area contributed by atoms with Crippen LogP contribution in [-0.2, 0) is 14.8 Å². The third-order valence-electron chi connectivity index (χ3n) is 3.74. The lowest BCUT2D eigenvalue weighted by molar-refractivity contribution is -0.130. The van der Waals surface area contributed by atoms with Crippen LogP contribution in [-0.4, -0.2) is 39.9 Å². The molecule has 1 amide bonds. The highest BCUT2D eigenvalue weighted by atomic mass is 35.5. The van der Waals surface area contributed by atoms with Crippen molar-refractivity contribution in [1.82, 2.24) is 4.90 Å². The number of anilines is 1. The Kier molecular flexibility index (Phi) is 6.15. The number of rotatable bonds is 6. The second kappa shape index (κ2) is 7.97. The van der Waals surface area contributed by atoms with Crippen LogP contribution in [0.1, 0.15) is 11.1 Å². The average Bonchev–Trinajstić information content (AvgIpc) is 2.55. The van der Waals surface area contributed by atoms with Gasteiger partial charge in [0.25, 0.3) is 15.9 Å². The zero-order valence-corrected chi connectivity index (χ0v) is 16.6. The Labute approximate surface area is 158 Å². The second-order valence-electron chi connectivity index (χ2n) is 6.07. The fourth-order valence-corrected chi connectivity index (χ4v) is 3.61. The number of sulfonamides is 1. The normalized spacial score (nSPS) is 11.1. The topological polar surface area (TPSA) is 75.7 Å². The summed E-state index contributed by atoms with van der Waals surface area (Å²) >= 11 is 5.90. The van der Waals surface area contributed by atoms with Gasteiger partial charge in [0.15, 0.2) is 6.61 Å². The molecule has 0 unspecified atom stereocenters.